The van der Waals surface area contributed by atoms with E-state index in [2.05, 4.69) is 10.0 Å². The molecule has 3 aromatic rings. The summed E-state index contributed by atoms with van der Waals surface area (Å²) in [6, 6.07) is 13.9. The van der Waals surface area contributed by atoms with E-state index in [1.165, 1.54) is 72.1 Å². The zero-order valence-electron chi connectivity index (χ0n) is 19.6. The van der Waals surface area contributed by atoms with Crippen molar-refractivity contribution < 1.29 is 26.4 Å². The van der Waals surface area contributed by atoms with Gasteiger partial charge in [0, 0.05) is 23.8 Å². The van der Waals surface area contributed by atoms with Crippen molar-refractivity contribution in [3.63, 3.8) is 0 Å². The number of carbonyl (C=O) groups excluding carboxylic acids is 1. The maximum absolute atomic E-state index is 13.0. The first kappa shape index (κ1) is 27.2. The lowest BCUT2D eigenvalue weighted by molar-refractivity contribution is 0.102. The van der Waals surface area contributed by atoms with E-state index in [0.29, 0.717) is 23.8 Å². The normalized spacial score (nSPS) is 14.4. The van der Waals surface area contributed by atoms with Gasteiger partial charge in [0.15, 0.2) is 0 Å². The third kappa shape index (κ3) is 6.02. The molecular weight excluding hydrogens is 561 g/mol. The third-order valence-electron chi connectivity index (χ3n) is 5.72. The molecule has 1 heterocycles. The van der Waals surface area contributed by atoms with Gasteiger partial charge in [0.1, 0.15) is 5.75 Å². The summed E-state index contributed by atoms with van der Waals surface area (Å²) < 4.78 is 60.4. The van der Waals surface area contributed by atoms with Crippen LogP contribution in [0.4, 0.5) is 11.4 Å². The van der Waals surface area contributed by atoms with E-state index in [0.717, 1.165) is 12.8 Å². The first-order chi connectivity index (χ1) is 17.5. The lowest BCUT2D eigenvalue weighted by atomic mass is 10.2. The first-order valence-electron chi connectivity index (χ1n) is 11.1. The highest BCUT2D eigenvalue weighted by Gasteiger charge is 2.28. The van der Waals surface area contributed by atoms with Crippen LogP contribution >= 0.6 is 23.2 Å². The molecule has 0 aliphatic carbocycles. The molecule has 1 saturated heterocycles. The van der Waals surface area contributed by atoms with Crippen molar-refractivity contribution >= 4 is 60.5 Å². The van der Waals surface area contributed by atoms with Crippen molar-refractivity contribution in [3.05, 3.63) is 76.3 Å². The van der Waals surface area contributed by atoms with Crippen LogP contribution in [0.15, 0.2) is 70.5 Å². The third-order valence-corrected chi connectivity index (χ3v) is 9.54. The molecule has 9 nitrogen and oxygen atoms in total. The number of sulfonamides is 2. The standard InChI is InChI=1S/C24H23Cl2N3O6S2/c1-35-23-11-9-19(37(33,34)29-12-2-3-13-29)15-20(23)24(30)27-17-5-7-18(8-6-17)36(31,32)28-22-10-4-16(25)14-21(22)26/h4-11,14-15,28H,2-3,12-13H2,1H3,(H,27,30). The maximum Gasteiger partial charge on any atom is 0.261 e. The van der Waals surface area contributed by atoms with Gasteiger partial charge in [-0.15, -0.1) is 0 Å². The highest BCUT2D eigenvalue weighted by atomic mass is 35.5. The van der Waals surface area contributed by atoms with E-state index in [1.807, 2.05) is 0 Å². The predicted octanol–water partition coefficient (Wildman–Crippen LogP) is 4.84. The molecule has 3 aromatic carbocycles. The van der Waals surface area contributed by atoms with Crippen LogP contribution < -0.4 is 14.8 Å². The molecule has 1 aliphatic rings. The SMILES string of the molecule is COc1ccc(S(=O)(=O)N2CCCC2)cc1C(=O)Nc1ccc(S(=O)(=O)Nc2ccc(Cl)cc2Cl)cc1. The molecular formula is C24H23Cl2N3O6S2. The Hall–Kier alpha value is -2.83. The van der Waals surface area contributed by atoms with E-state index >= 15 is 0 Å². The zero-order valence-corrected chi connectivity index (χ0v) is 22.7. The van der Waals surface area contributed by atoms with Crippen LogP contribution in [-0.4, -0.2) is 47.2 Å². The molecule has 1 fully saturated rings. The van der Waals surface area contributed by atoms with Crippen molar-refractivity contribution in [1.29, 1.82) is 0 Å². The summed E-state index contributed by atoms with van der Waals surface area (Å²) in [5.41, 5.74) is 0.487. The zero-order chi connectivity index (χ0) is 26.8. The fourth-order valence-electron chi connectivity index (χ4n) is 3.79. The minimum Gasteiger partial charge on any atom is -0.496 e. The molecule has 0 spiro atoms. The Morgan fingerprint density at radius 3 is 2.16 bits per heavy atom. The van der Waals surface area contributed by atoms with Crippen LogP contribution in [0.2, 0.25) is 10.0 Å². The number of methoxy groups -OCH3 is 1. The Kier molecular flexibility index (Phi) is 8.00. The highest BCUT2D eigenvalue weighted by Crippen LogP contribution is 2.29. The summed E-state index contributed by atoms with van der Waals surface area (Å²) in [6.07, 6.45) is 1.58. The van der Waals surface area contributed by atoms with Gasteiger partial charge in [-0.3, -0.25) is 9.52 Å². The van der Waals surface area contributed by atoms with Gasteiger partial charge in [-0.2, -0.15) is 4.31 Å². The van der Waals surface area contributed by atoms with Gasteiger partial charge in [-0.1, -0.05) is 23.2 Å². The molecule has 1 amide bonds. The lowest BCUT2D eigenvalue weighted by Gasteiger charge is -2.17. The van der Waals surface area contributed by atoms with Crippen LogP contribution in [-0.2, 0) is 20.0 Å². The Morgan fingerprint density at radius 2 is 1.54 bits per heavy atom. The summed E-state index contributed by atoms with van der Waals surface area (Å²) in [5.74, 6) is -0.418. The first-order valence-corrected chi connectivity index (χ1v) is 14.8. The smallest absolute Gasteiger partial charge is 0.261 e. The number of carbonyl (C=O) groups is 1. The molecule has 2 N–H and O–H groups in total. The van der Waals surface area contributed by atoms with Crippen LogP contribution in [0, 0.1) is 0 Å². The Balaban J connectivity index is 1.53. The number of anilines is 2. The van der Waals surface area contributed by atoms with E-state index in [4.69, 9.17) is 27.9 Å². The van der Waals surface area contributed by atoms with Crippen molar-refractivity contribution in [3.8, 4) is 5.75 Å². The second-order valence-electron chi connectivity index (χ2n) is 8.18. The fraction of sp³-hybridized carbons (Fsp3) is 0.208. The number of hydrogen-bond acceptors (Lipinski definition) is 6. The molecule has 0 unspecified atom stereocenters. The molecule has 37 heavy (non-hydrogen) atoms. The van der Waals surface area contributed by atoms with Gasteiger partial charge in [-0.25, -0.2) is 16.8 Å². The van der Waals surface area contributed by atoms with Crippen molar-refractivity contribution in [2.24, 2.45) is 0 Å². The number of ether oxygens (including phenoxy) is 1. The average molecular weight is 585 g/mol. The van der Waals surface area contributed by atoms with Crippen LogP contribution in [0.3, 0.4) is 0 Å². The van der Waals surface area contributed by atoms with Crippen LogP contribution in [0.25, 0.3) is 0 Å². The number of benzene rings is 3. The van der Waals surface area contributed by atoms with Gasteiger partial charge < -0.3 is 10.1 Å². The lowest BCUT2D eigenvalue weighted by Crippen LogP contribution is -2.28. The number of hydrogen-bond donors (Lipinski definition) is 2. The van der Waals surface area contributed by atoms with Crippen molar-refractivity contribution in [2.45, 2.75) is 22.6 Å². The summed E-state index contributed by atoms with van der Waals surface area (Å²) in [7, 11) is -6.33. The second kappa shape index (κ2) is 10.9. The monoisotopic (exact) mass is 583 g/mol. The number of halogens is 2. The van der Waals surface area contributed by atoms with E-state index in [1.54, 1.807) is 0 Å². The maximum atomic E-state index is 13.0. The Bertz CT molecular complexity index is 1540. The summed E-state index contributed by atoms with van der Waals surface area (Å²) in [4.78, 5) is 13.0. The number of rotatable bonds is 8. The van der Waals surface area contributed by atoms with Gasteiger partial charge in [0.2, 0.25) is 10.0 Å². The molecule has 13 heteroatoms. The van der Waals surface area contributed by atoms with Gasteiger partial charge in [-0.05, 0) is 73.5 Å². The number of nitrogens with zero attached hydrogens (tertiary/aromatic N) is 1. The van der Waals surface area contributed by atoms with Gasteiger partial charge in [0.25, 0.3) is 15.9 Å². The highest BCUT2D eigenvalue weighted by molar-refractivity contribution is 7.92. The fourth-order valence-corrected chi connectivity index (χ4v) is 6.93. The predicted molar refractivity (Wildman–Crippen MR) is 143 cm³/mol. The summed E-state index contributed by atoms with van der Waals surface area (Å²) in [5, 5.41) is 3.15. The van der Waals surface area contributed by atoms with E-state index < -0.39 is 26.0 Å². The largest absolute Gasteiger partial charge is 0.496 e. The Labute approximate surface area is 225 Å². The molecule has 0 radical (unpaired) electrons. The minimum atomic E-state index is -3.97. The molecule has 1 aliphatic heterocycles. The topological polar surface area (TPSA) is 122 Å². The van der Waals surface area contributed by atoms with E-state index in [-0.39, 0.29) is 31.8 Å². The quantitative estimate of drug-likeness (QED) is 0.391. The average Bonchev–Trinajstić information content (AvgIpc) is 3.42. The summed E-state index contributed by atoms with van der Waals surface area (Å²) >= 11 is 11.9. The van der Waals surface area contributed by atoms with Gasteiger partial charge in [0.05, 0.1) is 33.2 Å². The van der Waals surface area contributed by atoms with Gasteiger partial charge >= 0.3 is 0 Å². The minimum absolute atomic E-state index is 0.00581. The second-order valence-corrected chi connectivity index (χ2v) is 12.6. The number of nitrogens with one attached hydrogen (secondary N) is 2. The molecule has 4 rings (SSSR count). The van der Waals surface area contributed by atoms with Crippen LogP contribution in [0.5, 0.6) is 5.75 Å². The molecule has 196 valence electrons. The molecule has 0 aromatic heterocycles. The number of amides is 1. The van der Waals surface area contributed by atoms with Crippen molar-refractivity contribution in [2.75, 3.05) is 30.2 Å². The molecule has 0 saturated carbocycles. The summed E-state index contributed by atoms with van der Waals surface area (Å²) in [6.45, 7) is 0.870. The molecule has 0 atom stereocenters. The molecule has 0 bridgehead atoms. The Morgan fingerprint density at radius 1 is 0.892 bits per heavy atom. The van der Waals surface area contributed by atoms with E-state index in [9.17, 15) is 21.6 Å². The van der Waals surface area contributed by atoms with Crippen LogP contribution in [0.1, 0.15) is 23.2 Å². The van der Waals surface area contributed by atoms with Crippen molar-refractivity contribution in [1.82, 2.24) is 4.31 Å².